The molecule has 0 unspecified atom stereocenters. The molecular weight excluding hydrogens is 358 g/mol. The van der Waals surface area contributed by atoms with Crippen molar-refractivity contribution in [1.29, 1.82) is 0 Å². The van der Waals surface area contributed by atoms with E-state index in [0.717, 1.165) is 10.2 Å². The number of benzene rings is 1. The third-order valence-electron chi connectivity index (χ3n) is 2.89. The van der Waals surface area contributed by atoms with E-state index in [9.17, 15) is 4.79 Å². The summed E-state index contributed by atoms with van der Waals surface area (Å²) in [6, 6.07) is 7.53. The molecule has 0 radical (unpaired) electrons. The van der Waals surface area contributed by atoms with Gasteiger partial charge in [0.1, 0.15) is 0 Å². The van der Waals surface area contributed by atoms with Crippen LogP contribution in [-0.4, -0.2) is 33.5 Å². The van der Waals surface area contributed by atoms with Crippen molar-refractivity contribution in [2.75, 3.05) is 6.54 Å². The van der Waals surface area contributed by atoms with Crippen LogP contribution in [-0.2, 0) is 0 Å². The number of halogens is 2. The lowest BCUT2D eigenvalue weighted by Crippen LogP contribution is -2.38. The minimum Gasteiger partial charge on any atom is -0.347 e. The van der Waals surface area contributed by atoms with Crippen LogP contribution in [0, 0.1) is 6.92 Å². The van der Waals surface area contributed by atoms with E-state index in [1.54, 1.807) is 4.68 Å². The molecule has 1 amide bonds. The van der Waals surface area contributed by atoms with E-state index in [0.29, 0.717) is 17.9 Å². The smallest absolute Gasteiger partial charge is 0.274 e. The van der Waals surface area contributed by atoms with Crippen molar-refractivity contribution in [3.8, 4) is 5.69 Å². The molecule has 0 aliphatic rings. The number of rotatable bonds is 4. The van der Waals surface area contributed by atoms with E-state index in [4.69, 9.17) is 5.73 Å². The average Bonchev–Trinajstić information content (AvgIpc) is 2.80. The van der Waals surface area contributed by atoms with Crippen LogP contribution in [0.2, 0.25) is 0 Å². The molecule has 0 aliphatic carbocycles. The molecule has 0 aliphatic heterocycles. The largest absolute Gasteiger partial charge is 0.347 e. The molecule has 21 heavy (non-hydrogen) atoms. The molecule has 1 aromatic heterocycles. The predicted octanol–water partition coefficient (Wildman–Crippen LogP) is 1.84. The third-order valence-corrected chi connectivity index (χ3v) is 3.39. The number of carbonyl (C=O) groups is 1. The molecule has 6 nitrogen and oxygen atoms in total. The maximum absolute atomic E-state index is 12.1. The van der Waals surface area contributed by atoms with Crippen LogP contribution < -0.4 is 11.1 Å². The van der Waals surface area contributed by atoms with Crippen molar-refractivity contribution >= 4 is 34.2 Å². The quantitative estimate of drug-likeness (QED) is 0.855. The highest BCUT2D eigenvalue weighted by Crippen LogP contribution is 2.17. The van der Waals surface area contributed by atoms with Crippen LogP contribution in [0.1, 0.15) is 23.1 Å². The maximum atomic E-state index is 12.1. The molecule has 8 heteroatoms. The number of hydrogen-bond acceptors (Lipinski definition) is 4. The van der Waals surface area contributed by atoms with Crippen molar-refractivity contribution in [2.24, 2.45) is 5.73 Å². The summed E-state index contributed by atoms with van der Waals surface area (Å²) in [4.78, 5) is 12.1. The Balaban J connectivity index is 0.00000220. The molecule has 0 saturated heterocycles. The topological polar surface area (TPSA) is 85.8 Å². The Morgan fingerprint density at radius 1 is 1.52 bits per heavy atom. The fraction of sp³-hybridized carbons (Fsp3) is 0.308. The van der Waals surface area contributed by atoms with Crippen molar-refractivity contribution in [3.05, 3.63) is 40.1 Å². The average molecular weight is 375 g/mol. The van der Waals surface area contributed by atoms with E-state index in [1.807, 2.05) is 38.1 Å². The van der Waals surface area contributed by atoms with Gasteiger partial charge >= 0.3 is 0 Å². The fourth-order valence-corrected chi connectivity index (χ4v) is 2.13. The zero-order valence-electron chi connectivity index (χ0n) is 11.7. The first kappa shape index (κ1) is 17.6. The zero-order valence-corrected chi connectivity index (χ0v) is 14.1. The maximum Gasteiger partial charge on any atom is 0.274 e. The molecule has 2 rings (SSSR count). The molecule has 0 fully saturated rings. The highest BCUT2D eigenvalue weighted by molar-refractivity contribution is 9.10. The van der Waals surface area contributed by atoms with Gasteiger partial charge in [-0.3, -0.25) is 4.79 Å². The van der Waals surface area contributed by atoms with Crippen LogP contribution in [0.5, 0.6) is 0 Å². The summed E-state index contributed by atoms with van der Waals surface area (Å²) in [5.74, 6) is -0.262. The monoisotopic (exact) mass is 373 g/mol. The first-order chi connectivity index (χ1) is 9.52. The number of nitrogens with zero attached hydrogens (tertiary/aromatic N) is 3. The fourth-order valence-electron chi connectivity index (χ4n) is 1.74. The van der Waals surface area contributed by atoms with E-state index in [-0.39, 0.29) is 24.4 Å². The van der Waals surface area contributed by atoms with Crippen molar-refractivity contribution < 1.29 is 4.79 Å². The van der Waals surface area contributed by atoms with E-state index < -0.39 is 0 Å². The van der Waals surface area contributed by atoms with Crippen molar-refractivity contribution in [3.63, 3.8) is 0 Å². The van der Waals surface area contributed by atoms with E-state index >= 15 is 0 Å². The summed E-state index contributed by atoms with van der Waals surface area (Å²) in [6.45, 7) is 4.03. The predicted molar refractivity (Wildman–Crippen MR) is 87.0 cm³/mol. The van der Waals surface area contributed by atoms with Gasteiger partial charge in [0.05, 0.1) is 11.4 Å². The summed E-state index contributed by atoms with van der Waals surface area (Å²) in [6.07, 6.45) is 0. The molecule has 114 valence electrons. The van der Waals surface area contributed by atoms with Crippen molar-refractivity contribution in [2.45, 2.75) is 19.9 Å². The number of nitrogens with one attached hydrogen (secondary N) is 1. The molecule has 1 aromatic carbocycles. The van der Waals surface area contributed by atoms with Gasteiger partial charge in [0.25, 0.3) is 5.91 Å². The minimum atomic E-state index is -0.262. The standard InChI is InChI=1S/C13H16BrN5O.ClH/c1-8(7-15)16-13(20)12-9(2)19(18-17-12)11-5-3-4-10(14)6-11;/h3-6,8H,7,15H2,1-2H3,(H,16,20);1H/t8-;/m0./s1. The Bertz CT molecular complexity index is 631. The van der Waals surface area contributed by atoms with Crippen LogP contribution >= 0.6 is 28.3 Å². The number of hydrogen-bond donors (Lipinski definition) is 2. The summed E-state index contributed by atoms with van der Waals surface area (Å²) in [5.41, 5.74) is 7.33. The Labute approximate surface area is 137 Å². The summed E-state index contributed by atoms with van der Waals surface area (Å²) in [7, 11) is 0. The highest BCUT2D eigenvalue weighted by Gasteiger charge is 2.18. The molecule has 0 saturated carbocycles. The summed E-state index contributed by atoms with van der Waals surface area (Å²) in [5, 5.41) is 10.8. The number of nitrogens with two attached hydrogens (primary N) is 1. The Morgan fingerprint density at radius 3 is 2.86 bits per heavy atom. The van der Waals surface area contributed by atoms with Gasteiger partial charge < -0.3 is 11.1 Å². The van der Waals surface area contributed by atoms with Gasteiger partial charge in [-0.2, -0.15) is 0 Å². The van der Waals surface area contributed by atoms with E-state index in [1.165, 1.54) is 0 Å². The Kier molecular flexibility index (Phi) is 6.32. The molecule has 0 spiro atoms. The number of carbonyl (C=O) groups excluding carboxylic acids is 1. The van der Waals surface area contributed by atoms with Gasteiger partial charge in [-0.1, -0.05) is 27.2 Å². The highest BCUT2D eigenvalue weighted by atomic mass is 79.9. The molecule has 2 aromatic rings. The normalized spacial score (nSPS) is 11.6. The molecular formula is C13H17BrClN5O. The van der Waals surface area contributed by atoms with Crippen molar-refractivity contribution in [1.82, 2.24) is 20.3 Å². The minimum absolute atomic E-state index is 0. The SMILES string of the molecule is Cc1c(C(=O)N[C@@H](C)CN)nnn1-c1cccc(Br)c1.Cl. The van der Waals surface area contributed by atoms with Crippen LogP contribution in [0.15, 0.2) is 28.7 Å². The lowest BCUT2D eigenvalue weighted by Gasteiger charge is -2.10. The van der Waals surface area contributed by atoms with Crippen LogP contribution in [0.4, 0.5) is 0 Å². The van der Waals surface area contributed by atoms with Gasteiger partial charge in [0.15, 0.2) is 5.69 Å². The summed E-state index contributed by atoms with van der Waals surface area (Å²) >= 11 is 3.41. The first-order valence-electron chi connectivity index (χ1n) is 6.22. The van der Waals surface area contributed by atoms with Crippen LogP contribution in [0.3, 0.4) is 0 Å². The van der Waals surface area contributed by atoms with Gasteiger partial charge in [-0.25, -0.2) is 4.68 Å². The van der Waals surface area contributed by atoms with Crippen LogP contribution in [0.25, 0.3) is 5.69 Å². The third kappa shape index (κ3) is 4.03. The Morgan fingerprint density at radius 2 is 2.24 bits per heavy atom. The Hall–Kier alpha value is -1.44. The summed E-state index contributed by atoms with van der Waals surface area (Å²) < 4.78 is 2.57. The lowest BCUT2D eigenvalue weighted by atomic mass is 10.2. The second-order valence-corrected chi connectivity index (χ2v) is 5.44. The molecule has 0 bridgehead atoms. The molecule has 3 N–H and O–H groups in total. The first-order valence-corrected chi connectivity index (χ1v) is 7.01. The lowest BCUT2D eigenvalue weighted by molar-refractivity contribution is 0.0935. The van der Waals surface area contributed by atoms with Gasteiger partial charge in [-0.05, 0) is 32.0 Å². The van der Waals surface area contributed by atoms with Gasteiger partial charge in [0, 0.05) is 17.1 Å². The van der Waals surface area contributed by atoms with Gasteiger partial charge in [-0.15, -0.1) is 17.5 Å². The van der Waals surface area contributed by atoms with E-state index in [2.05, 4.69) is 31.6 Å². The number of aromatic nitrogens is 3. The second kappa shape index (κ2) is 7.53. The zero-order chi connectivity index (χ0) is 14.7. The second-order valence-electron chi connectivity index (χ2n) is 4.53. The molecule has 1 atom stereocenters. The number of amides is 1. The van der Waals surface area contributed by atoms with Gasteiger partial charge in [0.2, 0.25) is 0 Å². The molecule has 1 heterocycles.